The first-order valence-electron chi connectivity index (χ1n) is 16.1. The molecule has 0 aliphatic heterocycles. The first-order chi connectivity index (χ1) is 18.6. The van der Waals surface area contributed by atoms with Crippen LogP contribution < -0.4 is 0 Å². The molecule has 3 atom stereocenters. The highest BCUT2D eigenvalue weighted by atomic mass is 31.1. The van der Waals surface area contributed by atoms with Crippen LogP contribution in [0, 0.1) is 0 Å². The smallest absolute Gasteiger partial charge is 0.178 e. The van der Waals surface area contributed by atoms with Crippen molar-refractivity contribution in [2.24, 2.45) is 0 Å². The van der Waals surface area contributed by atoms with Crippen LogP contribution in [0.3, 0.4) is 0 Å². The van der Waals surface area contributed by atoms with Gasteiger partial charge in [-0.3, -0.25) is 9.59 Å². The number of carbonyl (C=O) groups is 2. The van der Waals surface area contributed by atoms with Crippen molar-refractivity contribution in [3.05, 3.63) is 0 Å². The van der Waals surface area contributed by atoms with Crippen molar-refractivity contribution in [3.8, 4) is 0 Å². The Hall–Kier alpha value is 0.0800. The minimum Gasteiger partial charge on any atom is -0.394 e. The molecule has 0 aliphatic rings. The number of carbonyl (C=O) groups excluding carboxylic acids is 2. The molecule has 5 nitrogen and oxygen atoms in total. The van der Waals surface area contributed by atoms with Crippen LogP contribution in [0.25, 0.3) is 0 Å². The van der Waals surface area contributed by atoms with Gasteiger partial charge in [0, 0.05) is 12.8 Å². The molecule has 0 radical (unpaired) electrons. The number of unbranched alkanes of at least 4 members (excludes halogenated alkanes) is 20. The second kappa shape index (κ2) is 31.6. The Labute approximate surface area is 239 Å². The molecule has 0 rings (SSSR count). The van der Waals surface area contributed by atoms with Gasteiger partial charge in [-0.15, -0.1) is 0 Å². The molecule has 0 aromatic heterocycles. The Morgan fingerprint density at radius 3 is 1.26 bits per heavy atom. The van der Waals surface area contributed by atoms with E-state index in [0.717, 1.165) is 25.7 Å². The summed E-state index contributed by atoms with van der Waals surface area (Å²) in [7, 11) is -0.452. The van der Waals surface area contributed by atoms with Gasteiger partial charge in [-0.2, -0.15) is 0 Å². The van der Waals surface area contributed by atoms with E-state index in [0.29, 0.717) is 12.8 Å². The fourth-order valence-corrected chi connectivity index (χ4v) is 5.92. The summed E-state index contributed by atoms with van der Waals surface area (Å²) < 4.78 is 11.0. The second-order valence-electron chi connectivity index (χ2n) is 10.9. The lowest BCUT2D eigenvalue weighted by molar-refractivity contribution is -0.113. The van der Waals surface area contributed by atoms with Crippen LogP contribution in [-0.2, 0) is 18.6 Å². The topological polar surface area (TPSA) is 72.8 Å². The van der Waals surface area contributed by atoms with Crippen LogP contribution >= 0.6 is 17.6 Å². The maximum atomic E-state index is 12.1. The minimum atomic E-state index is -0.531. The lowest BCUT2D eigenvalue weighted by atomic mass is 10.1. The van der Waals surface area contributed by atoms with Crippen LogP contribution in [0.1, 0.15) is 168 Å². The summed E-state index contributed by atoms with van der Waals surface area (Å²) in [6, 6.07) is 0. The lowest BCUT2D eigenvalue weighted by Gasteiger charge is -2.14. The number of hydrogen-bond acceptors (Lipinski definition) is 5. The highest BCUT2D eigenvalue weighted by Gasteiger charge is 2.13. The molecule has 0 heterocycles. The van der Waals surface area contributed by atoms with Crippen LogP contribution in [-0.4, -0.2) is 35.5 Å². The average molecular weight is 577 g/mol. The Kier molecular flexibility index (Phi) is 31.7. The van der Waals surface area contributed by atoms with Gasteiger partial charge in [0.15, 0.2) is 11.0 Å². The summed E-state index contributed by atoms with van der Waals surface area (Å²) >= 11 is 0. The maximum Gasteiger partial charge on any atom is 0.178 e. The molecule has 1 N–H and O–H groups in total. The van der Waals surface area contributed by atoms with Crippen molar-refractivity contribution < 1.29 is 23.7 Å². The van der Waals surface area contributed by atoms with Crippen molar-refractivity contribution in [1.29, 1.82) is 0 Å². The number of aliphatic hydroxyl groups is 1. The van der Waals surface area contributed by atoms with Gasteiger partial charge in [-0.1, -0.05) is 142 Å². The fraction of sp³-hybridized carbons (Fsp3) is 0.935. The van der Waals surface area contributed by atoms with Gasteiger partial charge in [0.05, 0.1) is 30.8 Å². The van der Waals surface area contributed by atoms with E-state index in [-0.39, 0.29) is 41.9 Å². The number of rotatable bonds is 32. The van der Waals surface area contributed by atoms with Gasteiger partial charge in [-0.25, -0.2) is 0 Å². The highest BCUT2D eigenvalue weighted by Crippen LogP contribution is 2.24. The summed E-state index contributed by atoms with van der Waals surface area (Å²) in [5.74, 6) is 0. The summed E-state index contributed by atoms with van der Waals surface area (Å²) in [6.07, 6.45) is 28.5. The molecule has 38 heavy (non-hydrogen) atoms. The third kappa shape index (κ3) is 29.1. The van der Waals surface area contributed by atoms with E-state index in [2.05, 4.69) is 13.8 Å². The molecule has 3 unspecified atom stereocenters. The van der Waals surface area contributed by atoms with Crippen LogP contribution in [0.5, 0.6) is 0 Å². The highest BCUT2D eigenvalue weighted by molar-refractivity contribution is 7.53. The third-order valence-electron chi connectivity index (χ3n) is 7.01. The van der Waals surface area contributed by atoms with E-state index in [1.807, 2.05) is 0 Å². The predicted molar refractivity (Wildman–Crippen MR) is 167 cm³/mol. The Bertz CT molecular complexity index is 518. The largest absolute Gasteiger partial charge is 0.394 e. The van der Waals surface area contributed by atoms with Gasteiger partial charge < -0.3 is 14.2 Å². The lowest BCUT2D eigenvalue weighted by Crippen LogP contribution is -2.20. The Balaban J connectivity index is 3.53. The zero-order valence-electron chi connectivity index (χ0n) is 25.0. The molecule has 7 heteroatoms. The molecule has 0 aromatic rings. The molecule has 0 amide bonds. The van der Waals surface area contributed by atoms with Crippen LogP contribution in [0.15, 0.2) is 0 Å². The summed E-state index contributed by atoms with van der Waals surface area (Å²) in [4.78, 5) is 24.2. The fourth-order valence-electron chi connectivity index (χ4n) is 4.49. The number of aliphatic hydroxyl groups excluding tert-OH is 1. The standard InChI is InChI=1S/C31H62O5P2/c1-3-5-7-9-11-13-15-17-19-21-23-25-30(33)37-35-28-29(27-32)36-38-31(34)26-24-22-20-18-16-14-12-10-8-6-4-2/h29,32,37-38H,3-28H2,1-2H3. The van der Waals surface area contributed by atoms with Gasteiger partial charge in [0.25, 0.3) is 0 Å². The molecule has 0 aliphatic carbocycles. The SMILES string of the molecule is CCCCCCCCCCCCCC(=O)POCC(CO)OPC(=O)CCCCCCCCCCCCC. The molecular formula is C31H62O5P2. The Morgan fingerprint density at radius 2 is 0.895 bits per heavy atom. The van der Waals surface area contributed by atoms with E-state index in [9.17, 15) is 14.7 Å². The molecule has 0 spiro atoms. The van der Waals surface area contributed by atoms with Gasteiger partial charge in [0.1, 0.15) is 6.10 Å². The normalized spacial score (nSPS) is 12.8. The summed E-state index contributed by atoms with van der Waals surface area (Å²) in [6.45, 7) is 4.47. The van der Waals surface area contributed by atoms with E-state index in [4.69, 9.17) is 9.05 Å². The summed E-state index contributed by atoms with van der Waals surface area (Å²) in [5, 5.41) is 9.50. The molecule has 0 aromatic carbocycles. The van der Waals surface area contributed by atoms with Crippen molar-refractivity contribution >= 4 is 28.7 Å². The predicted octanol–water partition coefficient (Wildman–Crippen LogP) is 10.0. The molecule has 0 saturated heterocycles. The first kappa shape index (κ1) is 38.1. The van der Waals surface area contributed by atoms with Crippen molar-refractivity contribution in [2.75, 3.05) is 13.2 Å². The second-order valence-corrected chi connectivity index (χ2v) is 12.9. The monoisotopic (exact) mass is 576 g/mol. The zero-order valence-corrected chi connectivity index (χ0v) is 27.0. The maximum absolute atomic E-state index is 12.1. The molecule has 0 bridgehead atoms. The van der Waals surface area contributed by atoms with Gasteiger partial charge in [-0.05, 0) is 12.8 Å². The van der Waals surface area contributed by atoms with Crippen molar-refractivity contribution in [3.63, 3.8) is 0 Å². The van der Waals surface area contributed by atoms with E-state index >= 15 is 0 Å². The number of hydrogen-bond donors (Lipinski definition) is 1. The van der Waals surface area contributed by atoms with E-state index in [1.165, 1.54) is 116 Å². The molecule has 0 saturated carbocycles. The first-order valence-corrected chi connectivity index (χ1v) is 17.9. The van der Waals surface area contributed by atoms with Crippen molar-refractivity contribution in [2.45, 2.75) is 174 Å². The molecule has 0 fully saturated rings. The van der Waals surface area contributed by atoms with Crippen LogP contribution in [0.2, 0.25) is 0 Å². The van der Waals surface area contributed by atoms with E-state index in [1.54, 1.807) is 0 Å². The third-order valence-corrected chi connectivity index (χ3v) is 8.73. The minimum absolute atomic E-state index is 0.106. The summed E-state index contributed by atoms with van der Waals surface area (Å²) in [5.41, 5.74) is 0.238. The Morgan fingerprint density at radius 1 is 0.553 bits per heavy atom. The van der Waals surface area contributed by atoms with Crippen LogP contribution in [0.4, 0.5) is 0 Å². The zero-order chi connectivity index (χ0) is 27.9. The van der Waals surface area contributed by atoms with E-state index < -0.39 is 6.10 Å². The van der Waals surface area contributed by atoms with Gasteiger partial charge in [0.2, 0.25) is 0 Å². The molecular weight excluding hydrogens is 514 g/mol. The average Bonchev–Trinajstić information content (AvgIpc) is 2.92. The van der Waals surface area contributed by atoms with Gasteiger partial charge >= 0.3 is 0 Å². The molecule has 226 valence electrons. The quantitative estimate of drug-likeness (QED) is 0.0637. The van der Waals surface area contributed by atoms with Crippen molar-refractivity contribution in [1.82, 2.24) is 0 Å².